The van der Waals surface area contributed by atoms with Crippen LogP contribution in [0.2, 0.25) is 0 Å². The number of nitrogens with zero attached hydrogens (tertiary/aromatic N) is 1. The number of nitrogens with one attached hydrogen (secondary N) is 1. The normalized spacial score (nSPS) is 19.9. The van der Waals surface area contributed by atoms with Crippen molar-refractivity contribution in [3.8, 4) is 0 Å². The van der Waals surface area contributed by atoms with Gasteiger partial charge in [0.05, 0.1) is 0 Å². The quantitative estimate of drug-likeness (QED) is 0.877. The van der Waals surface area contributed by atoms with Gasteiger partial charge in [-0.05, 0) is 31.2 Å². The van der Waals surface area contributed by atoms with Gasteiger partial charge in [-0.2, -0.15) is 0 Å². The third-order valence-corrected chi connectivity index (χ3v) is 3.94. The Morgan fingerprint density at radius 2 is 2.32 bits per heavy atom. The molecule has 100 valence electrons. The second kappa shape index (κ2) is 4.98. The maximum absolute atomic E-state index is 12.5. The highest BCUT2D eigenvalue weighted by Gasteiger charge is 2.26. The molecule has 1 aromatic carbocycles. The first-order chi connectivity index (χ1) is 9.15. The number of furan rings is 1. The molecule has 1 aromatic heterocycles. The van der Waals surface area contributed by atoms with Crippen molar-refractivity contribution in [2.24, 2.45) is 0 Å². The van der Waals surface area contributed by atoms with Crippen molar-refractivity contribution < 1.29 is 9.21 Å². The van der Waals surface area contributed by atoms with Gasteiger partial charge in [0, 0.05) is 35.5 Å². The van der Waals surface area contributed by atoms with Crippen molar-refractivity contribution in [3.05, 3.63) is 34.5 Å². The van der Waals surface area contributed by atoms with Gasteiger partial charge in [-0.1, -0.05) is 15.9 Å². The van der Waals surface area contributed by atoms with Gasteiger partial charge in [0.2, 0.25) is 0 Å². The van der Waals surface area contributed by atoms with E-state index in [9.17, 15) is 4.79 Å². The Labute approximate surface area is 119 Å². The predicted molar refractivity (Wildman–Crippen MR) is 77.3 cm³/mol. The van der Waals surface area contributed by atoms with Gasteiger partial charge < -0.3 is 14.6 Å². The van der Waals surface area contributed by atoms with Crippen molar-refractivity contribution >= 4 is 32.8 Å². The zero-order chi connectivity index (χ0) is 13.4. The van der Waals surface area contributed by atoms with Crippen molar-refractivity contribution in [3.63, 3.8) is 0 Å². The van der Waals surface area contributed by atoms with E-state index < -0.39 is 0 Å². The molecule has 2 aromatic rings. The lowest BCUT2D eigenvalue weighted by Gasteiger charge is -2.33. The van der Waals surface area contributed by atoms with Crippen LogP contribution >= 0.6 is 15.9 Å². The fraction of sp³-hybridized carbons (Fsp3) is 0.357. The lowest BCUT2D eigenvalue weighted by Crippen LogP contribution is -2.52. The molecule has 2 heterocycles. The third kappa shape index (κ3) is 2.40. The molecule has 1 unspecified atom stereocenters. The largest absolute Gasteiger partial charge is 0.451 e. The highest BCUT2D eigenvalue weighted by molar-refractivity contribution is 9.10. The summed E-state index contributed by atoms with van der Waals surface area (Å²) < 4.78 is 6.64. The molecule has 1 amide bonds. The lowest BCUT2D eigenvalue weighted by molar-refractivity contribution is 0.0625. The maximum atomic E-state index is 12.5. The summed E-state index contributed by atoms with van der Waals surface area (Å²) in [6.07, 6.45) is 0. The van der Waals surface area contributed by atoms with Gasteiger partial charge in [0.25, 0.3) is 5.91 Å². The van der Waals surface area contributed by atoms with Crippen LogP contribution in [0.4, 0.5) is 0 Å². The maximum Gasteiger partial charge on any atom is 0.289 e. The predicted octanol–water partition coefficient (Wildman–Crippen LogP) is 2.63. The molecule has 1 aliphatic heterocycles. The second-order valence-corrected chi connectivity index (χ2v) is 5.76. The molecule has 1 fully saturated rings. The molecular formula is C14H15BrN2O2. The molecule has 19 heavy (non-hydrogen) atoms. The van der Waals surface area contributed by atoms with Crippen molar-refractivity contribution in [1.29, 1.82) is 0 Å². The topological polar surface area (TPSA) is 45.5 Å². The highest BCUT2D eigenvalue weighted by atomic mass is 79.9. The van der Waals surface area contributed by atoms with Crippen LogP contribution in [0.15, 0.2) is 33.2 Å². The number of halogens is 1. The number of carbonyl (C=O) groups is 1. The number of benzene rings is 1. The molecule has 0 aliphatic carbocycles. The average Bonchev–Trinajstić information content (AvgIpc) is 2.81. The third-order valence-electron chi connectivity index (χ3n) is 3.45. The summed E-state index contributed by atoms with van der Waals surface area (Å²) in [5, 5.41) is 4.22. The van der Waals surface area contributed by atoms with Gasteiger partial charge in [0.15, 0.2) is 5.76 Å². The summed E-state index contributed by atoms with van der Waals surface area (Å²) >= 11 is 3.42. The molecule has 1 saturated heterocycles. The first-order valence-electron chi connectivity index (χ1n) is 6.36. The second-order valence-electron chi connectivity index (χ2n) is 4.84. The standard InChI is InChI=1S/C14H15BrN2O2/c1-9-8-16-4-5-17(9)14(18)13-7-10-6-11(15)2-3-12(10)19-13/h2-3,6-7,9,16H,4-5,8H2,1H3. The molecule has 0 saturated carbocycles. The Hall–Kier alpha value is -1.33. The SMILES string of the molecule is CC1CNCCN1C(=O)c1cc2cc(Br)ccc2o1. The van der Waals surface area contributed by atoms with Crippen molar-refractivity contribution in [1.82, 2.24) is 10.2 Å². The van der Waals surface area contributed by atoms with E-state index in [4.69, 9.17) is 4.42 Å². The molecule has 3 rings (SSSR count). The Kier molecular flexibility index (Phi) is 3.33. The van der Waals surface area contributed by atoms with Crippen LogP contribution in [0.1, 0.15) is 17.5 Å². The number of piperazine rings is 1. The van der Waals surface area contributed by atoms with E-state index in [1.54, 1.807) is 0 Å². The van der Waals surface area contributed by atoms with Gasteiger partial charge in [-0.25, -0.2) is 0 Å². The van der Waals surface area contributed by atoms with Crippen LogP contribution in [-0.4, -0.2) is 36.5 Å². The first kappa shape index (κ1) is 12.7. The Balaban J connectivity index is 1.92. The Morgan fingerprint density at radius 3 is 3.11 bits per heavy atom. The zero-order valence-electron chi connectivity index (χ0n) is 10.6. The van der Waals surface area contributed by atoms with E-state index in [1.165, 1.54) is 0 Å². The minimum Gasteiger partial charge on any atom is -0.451 e. The number of fused-ring (bicyclic) bond motifs is 1. The fourth-order valence-electron chi connectivity index (χ4n) is 2.40. The smallest absolute Gasteiger partial charge is 0.289 e. The lowest BCUT2D eigenvalue weighted by atomic mass is 10.2. The van der Waals surface area contributed by atoms with Gasteiger partial charge >= 0.3 is 0 Å². The van der Waals surface area contributed by atoms with Crippen LogP contribution in [0, 0.1) is 0 Å². The molecule has 4 nitrogen and oxygen atoms in total. The Morgan fingerprint density at radius 1 is 1.47 bits per heavy atom. The summed E-state index contributed by atoms with van der Waals surface area (Å²) in [4.78, 5) is 14.3. The average molecular weight is 323 g/mol. The van der Waals surface area contributed by atoms with Crippen LogP contribution in [0.5, 0.6) is 0 Å². The number of hydrogen-bond donors (Lipinski definition) is 1. The summed E-state index contributed by atoms with van der Waals surface area (Å²) in [5.74, 6) is 0.392. The van der Waals surface area contributed by atoms with E-state index in [2.05, 4.69) is 21.2 Å². The number of carbonyl (C=O) groups excluding carboxylic acids is 1. The highest BCUT2D eigenvalue weighted by Crippen LogP contribution is 2.24. The molecule has 1 atom stereocenters. The van der Waals surface area contributed by atoms with Crippen LogP contribution in [-0.2, 0) is 0 Å². The monoisotopic (exact) mass is 322 g/mol. The molecule has 1 N–H and O–H groups in total. The van der Waals surface area contributed by atoms with Crippen molar-refractivity contribution in [2.75, 3.05) is 19.6 Å². The molecular weight excluding hydrogens is 308 g/mol. The van der Waals surface area contributed by atoms with Gasteiger partial charge in [0.1, 0.15) is 5.58 Å². The van der Waals surface area contributed by atoms with E-state index in [0.29, 0.717) is 5.76 Å². The first-order valence-corrected chi connectivity index (χ1v) is 7.15. The van der Waals surface area contributed by atoms with Crippen LogP contribution in [0.25, 0.3) is 11.0 Å². The fourth-order valence-corrected chi connectivity index (χ4v) is 2.78. The van der Waals surface area contributed by atoms with E-state index in [0.717, 1.165) is 35.1 Å². The molecule has 0 radical (unpaired) electrons. The summed E-state index contributed by atoms with van der Waals surface area (Å²) in [7, 11) is 0. The molecule has 0 spiro atoms. The van der Waals surface area contributed by atoms with Crippen LogP contribution < -0.4 is 5.32 Å². The van der Waals surface area contributed by atoms with Gasteiger partial charge in [-0.3, -0.25) is 4.79 Å². The summed E-state index contributed by atoms with van der Waals surface area (Å²) in [6, 6.07) is 7.75. The number of amides is 1. The molecule has 1 aliphatic rings. The molecule has 5 heteroatoms. The van der Waals surface area contributed by atoms with Crippen molar-refractivity contribution in [2.45, 2.75) is 13.0 Å². The van der Waals surface area contributed by atoms with E-state index in [-0.39, 0.29) is 11.9 Å². The summed E-state index contributed by atoms with van der Waals surface area (Å²) in [6.45, 7) is 4.43. The minimum atomic E-state index is -0.0266. The Bertz CT molecular complexity index is 623. The number of hydrogen-bond acceptors (Lipinski definition) is 3. The molecule has 0 bridgehead atoms. The van der Waals surface area contributed by atoms with Crippen LogP contribution in [0.3, 0.4) is 0 Å². The van der Waals surface area contributed by atoms with E-state index >= 15 is 0 Å². The minimum absolute atomic E-state index is 0.0266. The van der Waals surface area contributed by atoms with Gasteiger partial charge in [-0.15, -0.1) is 0 Å². The zero-order valence-corrected chi connectivity index (χ0v) is 12.2. The number of rotatable bonds is 1. The van der Waals surface area contributed by atoms with E-state index in [1.807, 2.05) is 36.1 Å². The summed E-state index contributed by atoms with van der Waals surface area (Å²) in [5.41, 5.74) is 0.745.